The van der Waals surface area contributed by atoms with Crippen molar-refractivity contribution < 1.29 is 9.53 Å². The van der Waals surface area contributed by atoms with Gasteiger partial charge in [0.05, 0.1) is 6.61 Å². The first-order chi connectivity index (χ1) is 9.77. The fourth-order valence-corrected chi connectivity index (χ4v) is 2.00. The molecular weight excluding hydrogens is 252 g/mol. The van der Waals surface area contributed by atoms with Crippen LogP contribution in [0.5, 0.6) is 5.88 Å². The molecule has 0 saturated carbocycles. The van der Waals surface area contributed by atoms with Crippen molar-refractivity contribution in [1.82, 2.24) is 4.98 Å². The molecule has 1 aromatic heterocycles. The van der Waals surface area contributed by atoms with Crippen molar-refractivity contribution in [2.75, 3.05) is 18.1 Å². The maximum Gasteiger partial charge on any atom is 0.263 e. The smallest absolute Gasteiger partial charge is 0.263 e. The van der Waals surface area contributed by atoms with Crippen LogP contribution in [0.1, 0.15) is 24.2 Å². The Hall–Kier alpha value is -2.36. The molecule has 0 saturated heterocycles. The fraction of sp³-hybridized carbons (Fsp3) is 0.250. The van der Waals surface area contributed by atoms with Crippen molar-refractivity contribution in [3.8, 4) is 5.88 Å². The van der Waals surface area contributed by atoms with Crippen LogP contribution < -0.4 is 9.64 Å². The first-order valence-electron chi connectivity index (χ1n) is 6.72. The zero-order chi connectivity index (χ0) is 14.4. The van der Waals surface area contributed by atoms with Crippen LogP contribution >= 0.6 is 0 Å². The van der Waals surface area contributed by atoms with Crippen molar-refractivity contribution in [2.24, 2.45) is 0 Å². The SMILES string of the molecule is CCOc1ncccc1C(=O)N(CC)c1ccccc1. The Morgan fingerprint density at radius 1 is 1.15 bits per heavy atom. The van der Waals surface area contributed by atoms with Crippen LogP contribution in [-0.4, -0.2) is 24.0 Å². The Morgan fingerprint density at radius 3 is 2.55 bits per heavy atom. The van der Waals surface area contributed by atoms with Gasteiger partial charge in [0.1, 0.15) is 5.56 Å². The molecule has 2 rings (SSSR count). The van der Waals surface area contributed by atoms with E-state index >= 15 is 0 Å². The summed E-state index contributed by atoms with van der Waals surface area (Å²) >= 11 is 0. The number of para-hydroxylation sites is 1. The molecule has 2 aromatic rings. The normalized spacial score (nSPS) is 10.1. The number of carbonyl (C=O) groups excluding carboxylic acids is 1. The third-order valence-electron chi connectivity index (χ3n) is 2.91. The third-order valence-corrected chi connectivity index (χ3v) is 2.91. The second-order valence-electron chi connectivity index (χ2n) is 4.17. The maximum absolute atomic E-state index is 12.7. The zero-order valence-electron chi connectivity index (χ0n) is 11.7. The summed E-state index contributed by atoms with van der Waals surface area (Å²) in [5, 5.41) is 0. The summed E-state index contributed by atoms with van der Waals surface area (Å²) in [5.41, 5.74) is 1.35. The molecule has 104 valence electrons. The molecule has 0 aliphatic rings. The number of amides is 1. The van der Waals surface area contributed by atoms with Crippen molar-refractivity contribution in [3.05, 3.63) is 54.2 Å². The Bertz CT molecular complexity index is 570. The zero-order valence-corrected chi connectivity index (χ0v) is 11.7. The van der Waals surface area contributed by atoms with Gasteiger partial charge in [0, 0.05) is 18.4 Å². The van der Waals surface area contributed by atoms with Gasteiger partial charge in [-0.3, -0.25) is 4.79 Å². The van der Waals surface area contributed by atoms with E-state index in [-0.39, 0.29) is 5.91 Å². The molecule has 1 amide bonds. The lowest BCUT2D eigenvalue weighted by molar-refractivity contribution is 0.0984. The molecule has 0 atom stereocenters. The van der Waals surface area contributed by atoms with Crippen LogP contribution in [0.15, 0.2) is 48.7 Å². The number of benzene rings is 1. The molecular formula is C16H18N2O2. The highest BCUT2D eigenvalue weighted by Crippen LogP contribution is 2.21. The first-order valence-corrected chi connectivity index (χ1v) is 6.72. The molecule has 1 heterocycles. The number of anilines is 1. The summed E-state index contributed by atoms with van der Waals surface area (Å²) in [6.45, 7) is 4.89. The largest absolute Gasteiger partial charge is 0.477 e. The average molecular weight is 270 g/mol. The number of aromatic nitrogens is 1. The minimum atomic E-state index is -0.102. The minimum absolute atomic E-state index is 0.102. The molecule has 4 nitrogen and oxygen atoms in total. The summed E-state index contributed by atoms with van der Waals surface area (Å²) in [6, 6.07) is 13.1. The monoisotopic (exact) mass is 270 g/mol. The van der Waals surface area contributed by atoms with E-state index in [1.807, 2.05) is 44.2 Å². The van der Waals surface area contributed by atoms with Gasteiger partial charge in [0.15, 0.2) is 0 Å². The summed E-state index contributed by atoms with van der Waals surface area (Å²) in [6.07, 6.45) is 1.63. The van der Waals surface area contributed by atoms with Crippen molar-refractivity contribution in [3.63, 3.8) is 0 Å². The highest BCUT2D eigenvalue weighted by Gasteiger charge is 2.20. The van der Waals surface area contributed by atoms with Crippen molar-refractivity contribution in [1.29, 1.82) is 0 Å². The average Bonchev–Trinajstić information content (AvgIpc) is 2.50. The Balaban J connectivity index is 2.34. The second kappa shape index (κ2) is 6.70. The predicted octanol–water partition coefficient (Wildman–Crippen LogP) is 3.15. The number of rotatable bonds is 5. The molecule has 0 N–H and O–H groups in total. The van der Waals surface area contributed by atoms with E-state index in [0.29, 0.717) is 24.6 Å². The number of hydrogen-bond donors (Lipinski definition) is 0. The number of hydrogen-bond acceptors (Lipinski definition) is 3. The highest BCUT2D eigenvalue weighted by molar-refractivity contribution is 6.07. The van der Waals surface area contributed by atoms with Gasteiger partial charge in [-0.1, -0.05) is 18.2 Å². The van der Waals surface area contributed by atoms with Crippen LogP contribution in [0.25, 0.3) is 0 Å². The first kappa shape index (κ1) is 14.1. The van der Waals surface area contributed by atoms with Gasteiger partial charge in [-0.25, -0.2) is 4.98 Å². The Morgan fingerprint density at radius 2 is 1.90 bits per heavy atom. The topological polar surface area (TPSA) is 42.4 Å². The third kappa shape index (κ3) is 2.96. The van der Waals surface area contributed by atoms with Gasteiger partial charge >= 0.3 is 0 Å². The lowest BCUT2D eigenvalue weighted by atomic mass is 10.2. The van der Waals surface area contributed by atoms with Gasteiger partial charge in [0.2, 0.25) is 5.88 Å². The molecule has 0 aliphatic carbocycles. The standard InChI is InChI=1S/C16H18N2O2/c1-3-18(13-9-6-5-7-10-13)16(19)14-11-8-12-17-15(14)20-4-2/h5-12H,3-4H2,1-2H3. The number of nitrogens with zero attached hydrogens (tertiary/aromatic N) is 2. The van der Waals surface area contributed by atoms with Gasteiger partial charge in [-0.15, -0.1) is 0 Å². The Kier molecular flexibility index (Phi) is 4.71. The van der Waals surface area contributed by atoms with Crippen LogP contribution in [-0.2, 0) is 0 Å². The molecule has 0 radical (unpaired) electrons. The summed E-state index contributed by atoms with van der Waals surface area (Å²) in [4.78, 5) is 18.5. The fourth-order valence-electron chi connectivity index (χ4n) is 2.00. The van der Waals surface area contributed by atoms with Gasteiger partial charge in [-0.2, -0.15) is 0 Å². The van der Waals surface area contributed by atoms with E-state index in [1.54, 1.807) is 23.2 Å². The molecule has 0 fully saturated rings. The molecule has 20 heavy (non-hydrogen) atoms. The van der Waals surface area contributed by atoms with E-state index in [9.17, 15) is 4.79 Å². The number of pyridine rings is 1. The molecule has 0 unspecified atom stereocenters. The van der Waals surface area contributed by atoms with Crippen LogP contribution in [0.2, 0.25) is 0 Å². The highest BCUT2D eigenvalue weighted by atomic mass is 16.5. The van der Waals surface area contributed by atoms with Gasteiger partial charge in [0.25, 0.3) is 5.91 Å². The minimum Gasteiger partial charge on any atom is -0.477 e. The summed E-state index contributed by atoms with van der Waals surface area (Å²) < 4.78 is 5.43. The van der Waals surface area contributed by atoms with Gasteiger partial charge < -0.3 is 9.64 Å². The lowest BCUT2D eigenvalue weighted by Gasteiger charge is -2.21. The second-order valence-corrected chi connectivity index (χ2v) is 4.17. The molecule has 0 spiro atoms. The summed E-state index contributed by atoms with van der Waals surface area (Å²) in [7, 11) is 0. The molecule has 0 aliphatic heterocycles. The lowest BCUT2D eigenvalue weighted by Crippen LogP contribution is -2.31. The van der Waals surface area contributed by atoms with Crippen molar-refractivity contribution in [2.45, 2.75) is 13.8 Å². The van der Waals surface area contributed by atoms with E-state index in [0.717, 1.165) is 5.69 Å². The maximum atomic E-state index is 12.7. The van der Waals surface area contributed by atoms with Crippen LogP contribution in [0, 0.1) is 0 Å². The van der Waals surface area contributed by atoms with Crippen LogP contribution in [0.4, 0.5) is 5.69 Å². The van der Waals surface area contributed by atoms with E-state index in [4.69, 9.17) is 4.74 Å². The van der Waals surface area contributed by atoms with Crippen LogP contribution in [0.3, 0.4) is 0 Å². The molecule has 4 heteroatoms. The van der Waals surface area contributed by atoms with E-state index in [2.05, 4.69) is 4.98 Å². The Labute approximate surface area is 119 Å². The quantitative estimate of drug-likeness (QED) is 0.838. The predicted molar refractivity (Wildman–Crippen MR) is 79.2 cm³/mol. The van der Waals surface area contributed by atoms with Gasteiger partial charge in [-0.05, 0) is 38.1 Å². The van der Waals surface area contributed by atoms with Crippen molar-refractivity contribution >= 4 is 11.6 Å². The molecule has 1 aromatic carbocycles. The summed E-state index contributed by atoms with van der Waals surface area (Å²) in [5.74, 6) is 0.282. The number of ether oxygens (including phenoxy) is 1. The van der Waals surface area contributed by atoms with E-state index < -0.39 is 0 Å². The number of carbonyl (C=O) groups is 1. The van der Waals surface area contributed by atoms with E-state index in [1.165, 1.54) is 0 Å². The molecule has 0 bridgehead atoms.